The molecular weight excluding hydrogens is 456 g/mol. The van der Waals surface area contributed by atoms with Crippen LogP contribution in [0.15, 0.2) is 42.7 Å². The first kappa shape index (κ1) is 24.2. The predicted octanol–water partition coefficient (Wildman–Crippen LogP) is 3.02. The van der Waals surface area contributed by atoms with E-state index in [0.717, 1.165) is 35.7 Å². The van der Waals surface area contributed by atoms with E-state index in [2.05, 4.69) is 45.6 Å². The molecule has 1 aliphatic heterocycles. The van der Waals surface area contributed by atoms with Gasteiger partial charge in [-0.05, 0) is 51.1 Å². The molecule has 2 amide bonds. The molecule has 1 saturated heterocycles. The van der Waals surface area contributed by atoms with Crippen molar-refractivity contribution >= 4 is 17.5 Å². The minimum absolute atomic E-state index is 0.257. The van der Waals surface area contributed by atoms with E-state index < -0.39 is 0 Å². The molecule has 2 fully saturated rings. The first-order valence-corrected chi connectivity index (χ1v) is 12.5. The quantitative estimate of drug-likeness (QED) is 0.501. The van der Waals surface area contributed by atoms with E-state index >= 15 is 0 Å². The molecule has 2 aliphatic rings. The number of urea groups is 1. The lowest BCUT2D eigenvalue weighted by molar-refractivity contribution is 0.0985. The Hall–Kier alpha value is -3.50. The highest BCUT2D eigenvalue weighted by Crippen LogP contribution is 2.28. The Morgan fingerprint density at radius 3 is 2.72 bits per heavy atom. The van der Waals surface area contributed by atoms with Crippen molar-refractivity contribution in [3.05, 3.63) is 54.0 Å². The number of hydrogen-bond donors (Lipinski definition) is 2. The number of nitrogens with one attached hydrogen (secondary N) is 2. The number of rotatable bonds is 8. The summed E-state index contributed by atoms with van der Waals surface area (Å²) in [6.07, 6.45) is 6.12. The van der Waals surface area contributed by atoms with Crippen molar-refractivity contribution in [2.24, 2.45) is 7.05 Å². The average molecular weight is 491 g/mol. The molecule has 1 aromatic carbocycles. The van der Waals surface area contributed by atoms with Gasteiger partial charge in [0.2, 0.25) is 0 Å². The van der Waals surface area contributed by atoms with Gasteiger partial charge in [0, 0.05) is 61.8 Å². The monoisotopic (exact) mass is 490 g/mol. The minimum Gasteiger partial charge on any atom is -0.377 e. The number of morpholine rings is 1. The first-order valence-electron chi connectivity index (χ1n) is 12.5. The van der Waals surface area contributed by atoms with Gasteiger partial charge in [-0.15, -0.1) is 0 Å². The number of hydrogen-bond acceptors (Lipinski definition) is 7. The Morgan fingerprint density at radius 1 is 1.22 bits per heavy atom. The Bertz CT molecular complexity index is 1190. The Kier molecular flexibility index (Phi) is 7.15. The number of benzene rings is 1. The second kappa shape index (κ2) is 10.6. The van der Waals surface area contributed by atoms with Crippen LogP contribution in [0.25, 0.3) is 11.4 Å². The third kappa shape index (κ3) is 6.00. The van der Waals surface area contributed by atoms with Crippen molar-refractivity contribution < 1.29 is 9.53 Å². The van der Waals surface area contributed by atoms with Gasteiger partial charge in [0.05, 0.1) is 31.1 Å². The molecular formula is C26H34N8O2. The summed E-state index contributed by atoms with van der Waals surface area (Å²) in [5, 5.41) is 9.83. The normalized spacial score (nSPS) is 17.9. The molecule has 3 aromatic rings. The van der Waals surface area contributed by atoms with Crippen molar-refractivity contribution in [1.82, 2.24) is 30.0 Å². The van der Waals surface area contributed by atoms with E-state index in [1.165, 1.54) is 12.8 Å². The highest BCUT2D eigenvalue weighted by molar-refractivity contribution is 5.89. The summed E-state index contributed by atoms with van der Waals surface area (Å²) in [6, 6.07) is 10.4. The predicted molar refractivity (Wildman–Crippen MR) is 139 cm³/mol. The van der Waals surface area contributed by atoms with Gasteiger partial charge in [0.25, 0.3) is 0 Å². The zero-order valence-corrected chi connectivity index (χ0v) is 21.1. The second-order valence-electron chi connectivity index (χ2n) is 9.71. The topological polar surface area (TPSA) is 100 Å². The molecule has 190 valence electrons. The van der Waals surface area contributed by atoms with Crippen LogP contribution < -0.4 is 15.5 Å². The van der Waals surface area contributed by atoms with Crippen molar-refractivity contribution in [2.45, 2.75) is 44.9 Å². The summed E-state index contributed by atoms with van der Waals surface area (Å²) in [7, 11) is 4.01. The van der Waals surface area contributed by atoms with E-state index in [4.69, 9.17) is 14.7 Å². The standard InChI is InChI=1S/C26H34N8O2/c1-18-17-36-11-10-34(18)24-12-22(16-32(2)23-8-9-23)29-25(31-24)20-4-6-21(7-5-20)30-26(35)27-13-19-14-28-33(3)15-19/h4-7,12,14-15,18,23H,8-11,13,16-17H2,1-3H3,(H2,27,30,35)/t18-/m0/s1. The lowest BCUT2D eigenvalue weighted by atomic mass is 10.1. The molecule has 1 aliphatic carbocycles. The average Bonchev–Trinajstić information content (AvgIpc) is 3.65. The zero-order valence-electron chi connectivity index (χ0n) is 21.1. The smallest absolute Gasteiger partial charge is 0.319 e. The van der Waals surface area contributed by atoms with Crippen LogP contribution in [0.1, 0.15) is 31.0 Å². The summed E-state index contributed by atoms with van der Waals surface area (Å²) in [4.78, 5) is 26.8. The van der Waals surface area contributed by atoms with E-state index in [-0.39, 0.29) is 12.1 Å². The van der Waals surface area contributed by atoms with Crippen LogP contribution in [-0.2, 0) is 24.9 Å². The number of anilines is 2. The molecule has 0 spiro atoms. The lowest BCUT2D eigenvalue weighted by Gasteiger charge is -2.34. The van der Waals surface area contributed by atoms with Crippen LogP contribution >= 0.6 is 0 Å². The molecule has 36 heavy (non-hydrogen) atoms. The van der Waals surface area contributed by atoms with Gasteiger partial charge in [-0.3, -0.25) is 9.58 Å². The molecule has 1 atom stereocenters. The zero-order chi connectivity index (χ0) is 25.1. The first-order chi connectivity index (χ1) is 17.4. The molecule has 0 radical (unpaired) electrons. The van der Waals surface area contributed by atoms with Crippen LogP contribution in [0.4, 0.5) is 16.3 Å². The van der Waals surface area contributed by atoms with Gasteiger partial charge < -0.3 is 20.3 Å². The van der Waals surface area contributed by atoms with E-state index in [0.29, 0.717) is 37.3 Å². The van der Waals surface area contributed by atoms with Gasteiger partial charge in [-0.2, -0.15) is 5.10 Å². The van der Waals surface area contributed by atoms with Gasteiger partial charge in [0.15, 0.2) is 5.82 Å². The molecule has 2 aromatic heterocycles. The van der Waals surface area contributed by atoms with E-state index in [9.17, 15) is 4.79 Å². The fraction of sp³-hybridized carbons (Fsp3) is 0.462. The lowest BCUT2D eigenvalue weighted by Crippen LogP contribution is -2.44. The SMILES string of the molecule is C[C@H]1COCCN1c1cc(CN(C)C2CC2)nc(-c2ccc(NC(=O)NCc3cnn(C)c3)cc2)n1. The van der Waals surface area contributed by atoms with Gasteiger partial charge >= 0.3 is 6.03 Å². The molecule has 0 bridgehead atoms. The maximum Gasteiger partial charge on any atom is 0.319 e. The Morgan fingerprint density at radius 2 is 2.03 bits per heavy atom. The van der Waals surface area contributed by atoms with Crippen molar-refractivity contribution in [2.75, 3.05) is 37.0 Å². The van der Waals surface area contributed by atoms with E-state index in [1.54, 1.807) is 10.9 Å². The third-order valence-electron chi connectivity index (χ3n) is 6.62. The van der Waals surface area contributed by atoms with Gasteiger partial charge in [0.1, 0.15) is 5.82 Å². The largest absolute Gasteiger partial charge is 0.377 e. The molecule has 10 heteroatoms. The fourth-order valence-corrected chi connectivity index (χ4v) is 4.43. The number of aromatic nitrogens is 4. The van der Waals surface area contributed by atoms with Crippen LogP contribution in [0.5, 0.6) is 0 Å². The Balaban J connectivity index is 1.30. The number of carbonyl (C=O) groups excluding carboxylic acids is 1. The molecule has 0 unspecified atom stereocenters. The molecule has 3 heterocycles. The molecule has 5 rings (SSSR count). The molecule has 10 nitrogen and oxygen atoms in total. The molecule has 1 saturated carbocycles. The summed E-state index contributed by atoms with van der Waals surface area (Å²) >= 11 is 0. The third-order valence-corrected chi connectivity index (χ3v) is 6.62. The fourth-order valence-electron chi connectivity index (χ4n) is 4.43. The minimum atomic E-state index is -0.267. The number of ether oxygens (including phenoxy) is 1. The summed E-state index contributed by atoms with van der Waals surface area (Å²) in [5.41, 5.74) is 3.57. The second-order valence-corrected chi connectivity index (χ2v) is 9.71. The van der Waals surface area contributed by atoms with Crippen LogP contribution in [-0.4, -0.2) is 69.6 Å². The van der Waals surface area contributed by atoms with Crippen molar-refractivity contribution in [3.63, 3.8) is 0 Å². The van der Waals surface area contributed by atoms with Crippen molar-refractivity contribution in [1.29, 1.82) is 0 Å². The highest BCUT2D eigenvalue weighted by atomic mass is 16.5. The highest BCUT2D eigenvalue weighted by Gasteiger charge is 2.27. The number of amides is 2. The number of aryl methyl sites for hydroxylation is 1. The Labute approximate surface area is 211 Å². The van der Waals surface area contributed by atoms with Crippen LogP contribution in [0.2, 0.25) is 0 Å². The van der Waals surface area contributed by atoms with Gasteiger partial charge in [-0.1, -0.05) is 0 Å². The number of nitrogens with zero attached hydrogens (tertiary/aromatic N) is 6. The summed E-state index contributed by atoms with van der Waals surface area (Å²) in [6.45, 7) is 5.58. The molecule has 2 N–H and O–H groups in total. The van der Waals surface area contributed by atoms with Crippen LogP contribution in [0.3, 0.4) is 0 Å². The summed E-state index contributed by atoms with van der Waals surface area (Å²) < 4.78 is 7.34. The van der Waals surface area contributed by atoms with E-state index in [1.807, 2.05) is 37.5 Å². The maximum atomic E-state index is 12.3. The summed E-state index contributed by atoms with van der Waals surface area (Å²) in [5.74, 6) is 1.63. The van der Waals surface area contributed by atoms with Gasteiger partial charge in [-0.25, -0.2) is 14.8 Å². The van der Waals surface area contributed by atoms with Crippen LogP contribution in [0, 0.1) is 0 Å². The maximum absolute atomic E-state index is 12.3. The number of carbonyl (C=O) groups is 1. The van der Waals surface area contributed by atoms with Crippen molar-refractivity contribution in [3.8, 4) is 11.4 Å².